The molecule has 0 N–H and O–H groups in total. The molecule has 0 aliphatic rings. The van der Waals surface area contributed by atoms with Crippen molar-refractivity contribution in [3.8, 4) is 11.7 Å². The first kappa shape index (κ1) is 12.5. The van der Waals surface area contributed by atoms with E-state index in [1.807, 2.05) is 0 Å². The lowest BCUT2D eigenvalue weighted by atomic mass is 10.4. The van der Waals surface area contributed by atoms with E-state index in [1.165, 1.54) is 4.88 Å². The third kappa shape index (κ3) is 2.90. The van der Waals surface area contributed by atoms with Crippen LogP contribution in [0, 0.1) is 0 Å². The molecule has 1 atom stereocenters. The van der Waals surface area contributed by atoms with Gasteiger partial charge in [-0.3, -0.25) is 0 Å². The standard InChI is InChI=1S/C13H12N2O2S2/c1-9(11-5-3-7-18-11)19-8-12-14-15-13(17-12)10-4-2-6-16-10/h2-7,9H,8H2,1H3/t9-/m1/s1. The lowest BCUT2D eigenvalue weighted by molar-refractivity contribution is 0.494. The maximum atomic E-state index is 5.56. The van der Waals surface area contributed by atoms with Crippen LogP contribution in [-0.2, 0) is 5.75 Å². The van der Waals surface area contributed by atoms with Crippen molar-refractivity contribution in [3.05, 3.63) is 46.7 Å². The molecule has 0 saturated heterocycles. The number of rotatable bonds is 5. The Morgan fingerprint density at radius 3 is 3.00 bits per heavy atom. The van der Waals surface area contributed by atoms with Gasteiger partial charge in [-0.15, -0.1) is 33.3 Å². The number of aromatic nitrogens is 2. The van der Waals surface area contributed by atoms with Crippen LogP contribution in [0.1, 0.15) is 22.9 Å². The van der Waals surface area contributed by atoms with E-state index >= 15 is 0 Å². The summed E-state index contributed by atoms with van der Waals surface area (Å²) in [5, 5.41) is 10.5. The van der Waals surface area contributed by atoms with Gasteiger partial charge in [-0.05, 0) is 30.5 Å². The van der Waals surface area contributed by atoms with Crippen LogP contribution in [0.15, 0.2) is 44.7 Å². The van der Waals surface area contributed by atoms with Crippen molar-refractivity contribution in [3.63, 3.8) is 0 Å². The minimum atomic E-state index is 0.430. The smallest absolute Gasteiger partial charge is 0.283 e. The van der Waals surface area contributed by atoms with E-state index in [1.54, 1.807) is 41.5 Å². The summed E-state index contributed by atoms with van der Waals surface area (Å²) in [7, 11) is 0. The van der Waals surface area contributed by atoms with Gasteiger partial charge in [0.05, 0.1) is 12.0 Å². The number of hydrogen-bond acceptors (Lipinski definition) is 6. The molecule has 0 amide bonds. The largest absolute Gasteiger partial charge is 0.459 e. The van der Waals surface area contributed by atoms with Crippen LogP contribution in [0.2, 0.25) is 0 Å². The van der Waals surface area contributed by atoms with Gasteiger partial charge in [0, 0.05) is 10.1 Å². The summed E-state index contributed by atoms with van der Waals surface area (Å²) in [4.78, 5) is 1.36. The summed E-state index contributed by atoms with van der Waals surface area (Å²) in [5.41, 5.74) is 0. The monoisotopic (exact) mass is 292 g/mol. The fraction of sp³-hybridized carbons (Fsp3) is 0.231. The Morgan fingerprint density at radius 2 is 2.26 bits per heavy atom. The van der Waals surface area contributed by atoms with Crippen LogP contribution >= 0.6 is 23.1 Å². The Labute approximate surface area is 118 Å². The molecule has 3 rings (SSSR count). The molecule has 0 aromatic carbocycles. The highest BCUT2D eigenvalue weighted by atomic mass is 32.2. The summed E-state index contributed by atoms with van der Waals surface area (Å²) in [6.45, 7) is 2.18. The van der Waals surface area contributed by atoms with Gasteiger partial charge in [-0.25, -0.2) is 0 Å². The van der Waals surface area contributed by atoms with Gasteiger partial charge in [-0.1, -0.05) is 6.07 Å². The summed E-state index contributed by atoms with van der Waals surface area (Å²) >= 11 is 3.55. The first-order valence-electron chi connectivity index (χ1n) is 5.84. The fourth-order valence-corrected chi connectivity index (χ4v) is 3.40. The molecule has 0 aliphatic carbocycles. The molecule has 19 heavy (non-hydrogen) atoms. The second-order valence-electron chi connectivity index (χ2n) is 3.95. The zero-order valence-electron chi connectivity index (χ0n) is 10.3. The highest BCUT2D eigenvalue weighted by molar-refractivity contribution is 7.98. The van der Waals surface area contributed by atoms with E-state index in [0.29, 0.717) is 28.5 Å². The molecule has 6 heteroatoms. The maximum Gasteiger partial charge on any atom is 0.283 e. The van der Waals surface area contributed by atoms with Crippen LogP contribution in [-0.4, -0.2) is 10.2 Å². The summed E-state index contributed by atoms with van der Waals surface area (Å²) < 4.78 is 10.8. The van der Waals surface area contributed by atoms with Crippen LogP contribution in [0.3, 0.4) is 0 Å². The molecule has 0 saturated carbocycles. The highest BCUT2D eigenvalue weighted by Crippen LogP contribution is 2.33. The number of thiophene rings is 1. The zero-order chi connectivity index (χ0) is 13.1. The quantitative estimate of drug-likeness (QED) is 0.698. The Bertz CT molecular complexity index is 617. The molecular formula is C13H12N2O2S2. The van der Waals surface area contributed by atoms with Gasteiger partial charge in [0.2, 0.25) is 5.89 Å². The minimum Gasteiger partial charge on any atom is -0.459 e. The predicted molar refractivity (Wildman–Crippen MR) is 76.0 cm³/mol. The van der Waals surface area contributed by atoms with Crippen LogP contribution < -0.4 is 0 Å². The van der Waals surface area contributed by atoms with Crippen molar-refractivity contribution in [1.29, 1.82) is 0 Å². The van der Waals surface area contributed by atoms with Crippen molar-refractivity contribution in [2.45, 2.75) is 17.9 Å². The van der Waals surface area contributed by atoms with E-state index in [-0.39, 0.29) is 0 Å². The van der Waals surface area contributed by atoms with Crippen LogP contribution in [0.25, 0.3) is 11.7 Å². The molecule has 0 fully saturated rings. The molecule has 3 heterocycles. The Balaban J connectivity index is 1.62. The molecular weight excluding hydrogens is 280 g/mol. The predicted octanol–water partition coefficient (Wildman–Crippen LogP) is 4.39. The van der Waals surface area contributed by atoms with E-state index in [9.17, 15) is 0 Å². The van der Waals surface area contributed by atoms with E-state index < -0.39 is 0 Å². The summed E-state index contributed by atoms with van der Waals surface area (Å²) in [6, 6.07) is 7.81. The number of furan rings is 1. The van der Waals surface area contributed by atoms with E-state index in [0.717, 1.165) is 0 Å². The Morgan fingerprint density at radius 1 is 1.32 bits per heavy atom. The number of hydrogen-bond donors (Lipinski definition) is 0. The topological polar surface area (TPSA) is 52.1 Å². The van der Waals surface area contributed by atoms with Gasteiger partial charge in [0.15, 0.2) is 5.76 Å². The van der Waals surface area contributed by atoms with Crippen LogP contribution in [0.4, 0.5) is 0 Å². The highest BCUT2D eigenvalue weighted by Gasteiger charge is 2.13. The van der Waals surface area contributed by atoms with Gasteiger partial charge < -0.3 is 8.83 Å². The van der Waals surface area contributed by atoms with Crippen molar-refractivity contribution in [2.75, 3.05) is 0 Å². The third-order valence-corrected chi connectivity index (χ3v) is 4.97. The Kier molecular flexibility index (Phi) is 3.70. The molecule has 0 unspecified atom stereocenters. The van der Waals surface area contributed by atoms with Crippen molar-refractivity contribution in [1.82, 2.24) is 10.2 Å². The second-order valence-corrected chi connectivity index (χ2v) is 6.26. The molecule has 98 valence electrons. The first-order chi connectivity index (χ1) is 9.33. The van der Waals surface area contributed by atoms with Gasteiger partial charge in [-0.2, -0.15) is 0 Å². The van der Waals surface area contributed by atoms with E-state index in [2.05, 4.69) is 34.6 Å². The molecule has 4 nitrogen and oxygen atoms in total. The lowest BCUT2D eigenvalue weighted by Crippen LogP contribution is -1.86. The molecule has 0 spiro atoms. The van der Waals surface area contributed by atoms with Crippen molar-refractivity contribution in [2.24, 2.45) is 0 Å². The third-order valence-electron chi connectivity index (χ3n) is 2.60. The average Bonchev–Trinajstić information content (AvgIpc) is 3.14. The minimum absolute atomic E-state index is 0.430. The molecule has 0 bridgehead atoms. The molecule has 0 radical (unpaired) electrons. The second kappa shape index (κ2) is 5.63. The lowest BCUT2D eigenvalue weighted by Gasteiger charge is -2.06. The van der Waals surface area contributed by atoms with Crippen LogP contribution in [0.5, 0.6) is 0 Å². The molecule has 0 aliphatic heterocycles. The fourth-order valence-electron chi connectivity index (χ4n) is 1.61. The normalized spacial score (nSPS) is 12.7. The first-order valence-corrected chi connectivity index (χ1v) is 7.77. The maximum absolute atomic E-state index is 5.56. The molecule has 3 aromatic heterocycles. The van der Waals surface area contributed by atoms with Gasteiger partial charge in [0.25, 0.3) is 5.89 Å². The van der Waals surface area contributed by atoms with E-state index in [4.69, 9.17) is 8.83 Å². The van der Waals surface area contributed by atoms with Crippen molar-refractivity contribution < 1.29 is 8.83 Å². The Hall–Kier alpha value is -1.53. The SMILES string of the molecule is C[C@@H](SCc1nnc(-c2ccco2)o1)c1cccs1. The summed E-state index contributed by atoms with van der Waals surface area (Å²) in [6.07, 6.45) is 1.59. The van der Waals surface area contributed by atoms with Gasteiger partial charge >= 0.3 is 0 Å². The van der Waals surface area contributed by atoms with Gasteiger partial charge in [0.1, 0.15) is 0 Å². The number of thioether (sulfide) groups is 1. The average molecular weight is 292 g/mol. The van der Waals surface area contributed by atoms with Crippen molar-refractivity contribution >= 4 is 23.1 Å². The number of nitrogens with zero attached hydrogens (tertiary/aromatic N) is 2. The zero-order valence-corrected chi connectivity index (χ0v) is 11.9. The molecule has 3 aromatic rings. The summed E-state index contributed by atoms with van der Waals surface area (Å²) in [5.74, 6) is 2.37.